The zero-order valence-electron chi connectivity index (χ0n) is 14.7. The first kappa shape index (κ1) is 20.7. The van der Waals surface area contributed by atoms with Crippen LogP contribution in [-0.2, 0) is 27.1 Å². The molecule has 0 bridgehead atoms. The summed E-state index contributed by atoms with van der Waals surface area (Å²) in [5, 5.41) is 7.41. The minimum atomic E-state index is -4.45. The summed E-state index contributed by atoms with van der Waals surface area (Å²) in [7, 11) is 1.43. The molecule has 27 heavy (non-hydrogen) atoms. The van der Waals surface area contributed by atoms with Gasteiger partial charge in [0.1, 0.15) is 0 Å². The van der Waals surface area contributed by atoms with Crippen LogP contribution in [0.15, 0.2) is 24.3 Å². The molecule has 1 saturated heterocycles. The minimum absolute atomic E-state index is 0.102. The number of likely N-dealkylation sites (N-methyl/N-ethyl adjacent to an activating group) is 1. The Kier molecular flexibility index (Phi) is 6.78. The first-order chi connectivity index (χ1) is 12.7. The lowest BCUT2D eigenvalue weighted by Gasteiger charge is -2.34. The highest BCUT2D eigenvalue weighted by Gasteiger charge is 2.33. The van der Waals surface area contributed by atoms with E-state index in [9.17, 15) is 27.6 Å². The summed E-state index contributed by atoms with van der Waals surface area (Å²) in [6.07, 6.45) is -4.64. The van der Waals surface area contributed by atoms with E-state index in [1.54, 1.807) is 11.0 Å². The van der Waals surface area contributed by atoms with E-state index in [0.29, 0.717) is 18.7 Å². The molecule has 0 saturated carbocycles. The van der Waals surface area contributed by atoms with Gasteiger partial charge in [0.15, 0.2) is 0 Å². The Morgan fingerprint density at radius 3 is 2.70 bits per heavy atom. The van der Waals surface area contributed by atoms with E-state index >= 15 is 0 Å². The number of benzene rings is 1. The molecule has 0 spiro atoms. The molecule has 1 aliphatic heterocycles. The van der Waals surface area contributed by atoms with Crippen molar-refractivity contribution in [3.8, 4) is 0 Å². The number of nitrogens with one attached hydrogen (secondary N) is 3. The van der Waals surface area contributed by atoms with Gasteiger partial charge in [-0.15, -0.1) is 0 Å². The third kappa shape index (κ3) is 5.95. The lowest BCUT2D eigenvalue weighted by Crippen LogP contribution is -2.56. The van der Waals surface area contributed by atoms with E-state index in [1.165, 1.54) is 13.1 Å². The van der Waals surface area contributed by atoms with Crippen molar-refractivity contribution >= 4 is 17.7 Å². The number of nitrogens with zero attached hydrogens (tertiary/aromatic N) is 1. The number of carbonyl (C=O) groups excluding carboxylic acids is 3. The summed E-state index contributed by atoms with van der Waals surface area (Å²) in [4.78, 5) is 37.0. The van der Waals surface area contributed by atoms with Gasteiger partial charge in [-0.2, -0.15) is 13.2 Å². The molecule has 3 N–H and O–H groups in total. The smallest absolute Gasteiger partial charge is 0.358 e. The minimum Gasteiger partial charge on any atom is -0.358 e. The molecule has 10 heteroatoms. The summed E-state index contributed by atoms with van der Waals surface area (Å²) in [5.41, 5.74) is -0.364. The van der Waals surface area contributed by atoms with Crippen molar-refractivity contribution in [1.29, 1.82) is 0 Å². The Morgan fingerprint density at radius 1 is 1.30 bits per heavy atom. The number of carbonyl (C=O) groups is 3. The average Bonchev–Trinajstić information content (AvgIpc) is 2.62. The van der Waals surface area contributed by atoms with Crippen molar-refractivity contribution in [3.63, 3.8) is 0 Å². The van der Waals surface area contributed by atoms with E-state index < -0.39 is 23.7 Å². The lowest BCUT2D eigenvalue weighted by molar-refractivity contribution is -0.138. The molecule has 1 fully saturated rings. The first-order valence-corrected chi connectivity index (χ1v) is 8.36. The van der Waals surface area contributed by atoms with Crippen molar-refractivity contribution in [2.24, 2.45) is 0 Å². The van der Waals surface area contributed by atoms with Gasteiger partial charge in [0, 0.05) is 26.7 Å². The van der Waals surface area contributed by atoms with Crippen LogP contribution in [0.5, 0.6) is 0 Å². The van der Waals surface area contributed by atoms with Crippen LogP contribution in [0.4, 0.5) is 13.2 Å². The number of hydrogen-bond acceptors (Lipinski definition) is 4. The Balaban J connectivity index is 2.06. The molecule has 1 heterocycles. The number of amides is 3. The lowest BCUT2D eigenvalue weighted by atomic mass is 10.1. The zero-order chi connectivity index (χ0) is 20.0. The SMILES string of the molecule is CNC(=O)CNC(=O)C[C@H]1C(=O)NCCN1Cc1cccc(C(F)(F)F)c1. The quantitative estimate of drug-likeness (QED) is 0.654. The van der Waals surface area contributed by atoms with Crippen LogP contribution in [0.25, 0.3) is 0 Å². The molecular formula is C17H21F3N4O3. The van der Waals surface area contributed by atoms with E-state index in [4.69, 9.17) is 0 Å². The van der Waals surface area contributed by atoms with Gasteiger partial charge >= 0.3 is 6.18 Å². The number of rotatable bonds is 6. The van der Waals surface area contributed by atoms with Crippen LogP contribution in [0, 0.1) is 0 Å². The second-order valence-electron chi connectivity index (χ2n) is 6.13. The third-order valence-electron chi connectivity index (χ3n) is 4.19. The topological polar surface area (TPSA) is 90.5 Å². The predicted octanol–water partition coefficient (Wildman–Crippen LogP) is 0.258. The second-order valence-corrected chi connectivity index (χ2v) is 6.13. The Labute approximate surface area is 154 Å². The molecule has 148 valence electrons. The van der Waals surface area contributed by atoms with Crippen LogP contribution < -0.4 is 16.0 Å². The molecule has 0 aliphatic carbocycles. The number of alkyl halides is 3. The molecule has 7 nitrogen and oxygen atoms in total. The summed E-state index contributed by atoms with van der Waals surface area (Å²) >= 11 is 0. The van der Waals surface area contributed by atoms with Crippen LogP contribution in [-0.4, -0.2) is 55.3 Å². The fourth-order valence-electron chi connectivity index (χ4n) is 2.77. The van der Waals surface area contributed by atoms with Gasteiger partial charge in [-0.05, 0) is 11.6 Å². The van der Waals surface area contributed by atoms with Crippen LogP contribution in [0.1, 0.15) is 17.5 Å². The molecule has 0 unspecified atom stereocenters. The van der Waals surface area contributed by atoms with Crippen molar-refractivity contribution < 1.29 is 27.6 Å². The van der Waals surface area contributed by atoms with Gasteiger partial charge in [0.05, 0.1) is 24.6 Å². The fourth-order valence-corrected chi connectivity index (χ4v) is 2.77. The molecular weight excluding hydrogens is 365 g/mol. The van der Waals surface area contributed by atoms with Gasteiger partial charge in [-0.1, -0.05) is 18.2 Å². The van der Waals surface area contributed by atoms with Gasteiger partial charge in [0.2, 0.25) is 17.7 Å². The highest BCUT2D eigenvalue weighted by Crippen LogP contribution is 2.30. The highest BCUT2D eigenvalue weighted by atomic mass is 19.4. The molecule has 1 aromatic rings. The van der Waals surface area contributed by atoms with Crippen molar-refractivity contribution in [1.82, 2.24) is 20.9 Å². The van der Waals surface area contributed by atoms with Gasteiger partial charge in [-0.3, -0.25) is 19.3 Å². The van der Waals surface area contributed by atoms with Gasteiger partial charge in [0.25, 0.3) is 0 Å². The van der Waals surface area contributed by atoms with Gasteiger partial charge in [-0.25, -0.2) is 0 Å². The monoisotopic (exact) mass is 386 g/mol. The second kappa shape index (κ2) is 8.85. The predicted molar refractivity (Wildman–Crippen MR) is 90.3 cm³/mol. The maximum absolute atomic E-state index is 12.9. The molecule has 1 aliphatic rings. The summed E-state index contributed by atoms with van der Waals surface area (Å²) in [5.74, 6) is -1.24. The van der Waals surface area contributed by atoms with Crippen LogP contribution in [0.2, 0.25) is 0 Å². The normalized spacial score (nSPS) is 17.9. The van der Waals surface area contributed by atoms with Crippen molar-refractivity contribution in [2.75, 3.05) is 26.7 Å². The van der Waals surface area contributed by atoms with Crippen molar-refractivity contribution in [3.05, 3.63) is 35.4 Å². The first-order valence-electron chi connectivity index (χ1n) is 8.36. The fraction of sp³-hybridized carbons (Fsp3) is 0.471. The molecule has 1 atom stereocenters. The summed E-state index contributed by atoms with van der Waals surface area (Å²) < 4.78 is 38.6. The molecule has 0 aromatic heterocycles. The Bertz CT molecular complexity index is 709. The van der Waals surface area contributed by atoms with E-state index in [0.717, 1.165) is 12.1 Å². The third-order valence-corrected chi connectivity index (χ3v) is 4.19. The Morgan fingerprint density at radius 2 is 2.04 bits per heavy atom. The number of piperazine rings is 1. The summed E-state index contributed by atoms with van der Waals surface area (Å²) in [6, 6.07) is 4.06. The number of hydrogen-bond donors (Lipinski definition) is 3. The molecule has 2 rings (SSSR count). The maximum atomic E-state index is 12.9. The average molecular weight is 386 g/mol. The molecule has 1 aromatic carbocycles. The largest absolute Gasteiger partial charge is 0.416 e. The van der Waals surface area contributed by atoms with E-state index in [1.807, 2.05) is 0 Å². The Hall–Kier alpha value is -2.62. The van der Waals surface area contributed by atoms with Crippen LogP contribution in [0.3, 0.4) is 0 Å². The van der Waals surface area contributed by atoms with E-state index in [2.05, 4.69) is 16.0 Å². The maximum Gasteiger partial charge on any atom is 0.416 e. The highest BCUT2D eigenvalue weighted by molar-refractivity contribution is 5.90. The van der Waals surface area contributed by atoms with E-state index in [-0.39, 0.29) is 31.3 Å². The summed E-state index contributed by atoms with van der Waals surface area (Å²) in [6.45, 7) is 0.631. The zero-order valence-corrected chi connectivity index (χ0v) is 14.7. The molecule has 3 amide bonds. The standard InChI is InChI=1S/C17H21F3N4O3/c1-21-15(26)9-23-14(25)8-13-16(27)22-5-6-24(13)10-11-3-2-4-12(7-11)17(18,19)20/h2-4,7,13H,5-6,8-10H2,1H3,(H,21,26)(H,22,27)(H,23,25)/t13-/m0/s1. The number of halogens is 3. The molecule has 0 radical (unpaired) electrons. The van der Waals surface area contributed by atoms with Crippen LogP contribution >= 0.6 is 0 Å². The van der Waals surface area contributed by atoms with Gasteiger partial charge < -0.3 is 16.0 Å². The van der Waals surface area contributed by atoms with Crippen molar-refractivity contribution in [2.45, 2.75) is 25.2 Å².